The Balaban J connectivity index is 1.75. The van der Waals surface area contributed by atoms with E-state index in [0.717, 1.165) is 52.0 Å². The number of hydrogen-bond donors (Lipinski definition) is 1. The zero-order valence-electron chi connectivity index (χ0n) is 16.3. The van der Waals surface area contributed by atoms with Crippen molar-refractivity contribution in [2.24, 2.45) is 11.3 Å². The van der Waals surface area contributed by atoms with Crippen LogP contribution < -0.4 is 5.32 Å². The Kier molecular flexibility index (Phi) is 5.29. The highest BCUT2D eigenvalue weighted by Gasteiger charge is 2.47. The number of allylic oxidation sites excluding steroid dienone is 2. The maximum atomic E-state index is 13.2. The second kappa shape index (κ2) is 7.45. The molecule has 0 spiro atoms. The van der Waals surface area contributed by atoms with Crippen molar-refractivity contribution >= 4 is 39.0 Å². The molecule has 0 saturated heterocycles. The van der Waals surface area contributed by atoms with Crippen LogP contribution in [0.4, 0.5) is 0 Å². The first-order valence-electron chi connectivity index (χ1n) is 9.93. The lowest BCUT2D eigenvalue weighted by Gasteiger charge is -2.42. The van der Waals surface area contributed by atoms with E-state index < -0.39 is 5.92 Å². The fourth-order valence-electron chi connectivity index (χ4n) is 4.77. The van der Waals surface area contributed by atoms with Crippen LogP contribution in [0.25, 0.3) is 0 Å². The van der Waals surface area contributed by atoms with E-state index in [1.807, 2.05) is 12.1 Å². The van der Waals surface area contributed by atoms with Crippen LogP contribution in [0, 0.1) is 11.3 Å². The lowest BCUT2D eigenvalue weighted by Crippen LogP contribution is -2.44. The maximum absolute atomic E-state index is 13.2. The number of Topliss-reactive ketones (excluding diaryl/α,β-unsaturated/α-hetero) is 1. The van der Waals surface area contributed by atoms with E-state index in [9.17, 15) is 9.59 Å². The fraction of sp³-hybridized carbons (Fsp3) is 0.545. The SMILES string of the molecule is C=C1NC2=C(C(=O)CC(C)(C)C2)C(c2ccc(Br)s2)C1C(=O)OC1CCCC1. The number of ketones is 1. The van der Waals surface area contributed by atoms with Crippen LogP contribution in [0.15, 0.2) is 39.5 Å². The minimum atomic E-state index is -0.574. The summed E-state index contributed by atoms with van der Waals surface area (Å²) in [4.78, 5) is 27.4. The van der Waals surface area contributed by atoms with Crippen molar-refractivity contribution in [3.05, 3.63) is 44.3 Å². The van der Waals surface area contributed by atoms with Gasteiger partial charge in [0.2, 0.25) is 0 Å². The average molecular weight is 464 g/mol. The van der Waals surface area contributed by atoms with Crippen LogP contribution in [0.5, 0.6) is 0 Å². The summed E-state index contributed by atoms with van der Waals surface area (Å²) >= 11 is 5.10. The Labute approximate surface area is 178 Å². The van der Waals surface area contributed by atoms with Gasteiger partial charge in [-0.05, 0) is 65.6 Å². The summed E-state index contributed by atoms with van der Waals surface area (Å²) in [5.41, 5.74) is 2.21. The number of carbonyl (C=O) groups is 2. The van der Waals surface area contributed by atoms with Crippen molar-refractivity contribution in [2.45, 2.75) is 64.4 Å². The number of hydrogen-bond acceptors (Lipinski definition) is 5. The summed E-state index contributed by atoms with van der Waals surface area (Å²) in [6.07, 6.45) is 5.32. The van der Waals surface area contributed by atoms with Crippen molar-refractivity contribution in [1.29, 1.82) is 0 Å². The lowest BCUT2D eigenvalue weighted by molar-refractivity contribution is -0.153. The molecular weight excluding hydrogens is 438 g/mol. The molecule has 3 aliphatic rings. The van der Waals surface area contributed by atoms with Crippen LogP contribution in [0.1, 0.15) is 63.2 Å². The molecule has 4 rings (SSSR count). The Bertz CT molecular complexity index is 863. The molecule has 28 heavy (non-hydrogen) atoms. The molecule has 2 unspecified atom stereocenters. The summed E-state index contributed by atoms with van der Waals surface area (Å²) in [5, 5.41) is 3.32. The molecule has 6 heteroatoms. The number of halogens is 1. The van der Waals surface area contributed by atoms with Gasteiger partial charge in [-0.15, -0.1) is 11.3 Å². The van der Waals surface area contributed by atoms with Crippen LogP contribution in [0.3, 0.4) is 0 Å². The normalized spacial score (nSPS) is 27.5. The Morgan fingerprint density at radius 2 is 2.00 bits per heavy atom. The topological polar surface area (TPSA) is 55.4 Å². The van der Waals surface area contributed by atoms with Gasteiger partial charge in [-0.2, -0.15) is 0 Å². The van der Waals surface area contributed by atoms with Crippen molar-refractivity contribution in [1.82, 2.24) is 5.32 Å². The second-order valence-electron chi connectivity index (χ2n) is 8.92. The first-order chi connectivity index (χ1) is 13.2. The number of carbonyl (C=O) groups excluding carboxylic acids is 2. The standard InChI is InChI=1S/C22H26BrNO3S/c1-12-18(21(26)27-13-6-4-5-7-13)20(16-8-9-17(23)28-16)19-14(24-12)10-22(2,3)11-15(19)25/h8-9,13,18,20,24H,1,4-7,10-11H2,2-3H3. The number of rotatable bonds is 3. The van der Waals surface area contributed by atoms with Crippen molar-refractivity contribution < 1.29 is 14.3 Å². The summed E-state index contributed by atoms with van der Waals surface area (Å²) < 4.78 is 6.84. The van der Waals surface area contributed by atoms with E-state index in [4.69, 9.17) is 4.74 Å². The molecule has 2 aliphatic carbocycles. The molecule has 0 aromatic carbocycles. The third-order valence-electron chi connectivity index (χ3n) is 5.99. The van der Waals surface area contributed by atoms with Gasteiger partial charge in [0.15, 0.2) is 5.78 Å². The number of esters is 1. The zero-order chi connectivity index (χ0) is 20.1. The summed E-state index contributed by atoms with van der Waals surface area (Å²) in [6, 6.07) is 3.98. The van der Waals surface area contributed by atoms with Crippen LogP contribution in [-0.2, 0) is 14.3 Å². The van der Waals surface area contributed by atoms with Gasteiger partial charge in [-0.3, -0.25) is 9.59 Å². The molecule has 2 heterocycles. The largest absolute Gasteiger partial charge is 0.462 e. The molecule has 1 aliphatic heterocycles. The molecule has 4 nitrogen and oxygen atoms in total. The highest BCUT2D eigenvalue weighted by Crippen LogP contribution is 2.50. The van der Waals surface area contributed by atoms with E-state index >= 15 is 0 Å². The molecule has 1 fully saturated rings. The Hall–Kier alpha value is -1.40. The van der Waals surface area contributed by atoms with Gasteiger partial charge < -0.3 is 10.1 Å². The first-order valence-corrected chi connectivity index (χ1v) is 11.5. The minimum Gasteiger partial charge on any atom is -0.462 e. The third-order valence-corrected chi connectivity index (χ3v) is 7.70. The van der Waals surface area contributed by atoms with Crippen molar-refractivity contribution in [3.63, 3.8) is 0 Å². The van der Waals surface area contributed by atoms with E-state index in [-0.39, 0.29) is 29.2 Å². The maximum Gasteiger partial charge on any atom is 0.316 e. The monoisotopic (exact) mass is 463 g/mol. The predicted molar refractivity (Wildman–Crippen MR) is 114 cm³/mol. The smallest absolute Gasteiger partial charge is 0.316 e. The van der Waals surface area contributed by atoms with Crippen LogP contribution in [-0.4, -0.2) is 17.9 Å². The highest BCUT2D eigenvalue weighted by molar-refractivity contribution is 9.11. The van der Waals surface area contributed by atoms with Gasteiger partial charge in [0.1, 0.15) is 12.0 Å². The quantitative estimate of drug-likeness (QED) is 0.604. The molecule has 2 atom stereocenters. The Morgan fingerprint density at radius 3 is 2.64 bits per heavy atom. The number of nitrogens with one attached hydrogen (secondary N) is 1. The number of thiophene rings is 1. The van der Waals surface area contributed by atoms with Crippen molar-refractivity contribution in [2.75, 3.05) is 0 Å². The zero-order valence-corrected chi connectivity index (χ0v) is 18.7. The molecule has 0 bridgehead atoms. The predicted octanol–water partition coefficient (Wildman–Crippen LogP) is 5.46. The van der Waals surface area contributed by atoms with Gasteiger partial charge >= 0.3 is 5.97 Å². The molecule has 1 aromatic rings. The Morgan fingerprint density at radius 1 is 1.29 bits per heavy atom. The van der Waals surface area contributed by atoms with Crippen molar-refractivity contribution in [3.8, 4) is 0 Å². The van der Waals surface area contributed by atoms with Gasteiger partial charge in [0.05, 0.1) is 3.79 Å². The lowest BCUT2D eigenvalue weighted by atomic mass is 9.68. The molecule has 0 radical (unpaired) electrons. The van der Waals surface area contributed by atoms with Gasteiger partial charge in [-0.1, -0.05) is 20.4 Å². The van der Waals surface area contributed by atoms with E-state index in [2.05, 4.69) is 41.7 Å². The first kappa shape index (κ1) is 19.9. The third kappa shape index (κ3) is 3.73. The van der Waals surface area contributed by atoms with Gasteiger partial charge in [0.25, 0.3) is 0 Å². The molecular formula is C22H26BrNO3S. The van der Waals surface area contributed by atoms with Crippen LogP contribution in [0.2, 0.25) is 0 Å². The van der Waals surface area contributed by atoms with Gasteiger partial charge in [0, 0.05) is 34.2 Å². The summed E-state index contributed by atoms with van der Waals surface area (Å²) in [7, 11) is 0. The molecule has 1 aromatic heterocycles. The van der Waals surface area contributed by atoms with Crippen LogP contribution >= 0.6 is 27.3 Å². The molecule has 150 valence electrons. The average Bonchev–Trinajstić information content (AvgIpc) is 3.23. The highest BCUT2D eigenvalue weighted by atomic mass is 79.9. The molecule has 1 saturated carbocycles. The van der Waals surface area contributed by atoms with E-state index in [1.54, 1.807) is 11.3 Å². The second-order valence-corrected chi connectivity index (χ2v) is 11.4. The fourth-order valence-corrected chi connectivity index (χ4v) is 6.34. The number of ether oxygens (including phenoxy) is 1. The summed E-state index contributed by atoms with van der Waals surface area (Å²) in [6.45, 7) is 8.39. The summed E-state index contributed by atoms with van der Waals surface area (Å²) in [5.74, 6) is -1.03. The minimum absolute atomic E-state index is 0.00705. The van der Waals surface area contributed by atoms with E-state index in [0.29, 0.717) is 12.1 Å². The van der Waals surface area contributed by atoms with Gasteiger partial charge in [-0.25, -0.2) is 0 Å². The van der Waals surface area contributed by atoms with E-state index in [1.165, 1.54) is 0 Å². The molecule has 0 amide bonds. The molecule has 1 N–H and O–H groups in total.